The Hall–Kier alpha value is -3.81. The number of aryl methyl sites for hydroxylation is 2. The standard InChI is InChI=1S/C28H26F3NO4/c1-16-12-20(36-11-10-18-6-4-3-5-7-18)13-17(2)25(16)26(33)32-24-14-19(21-15-22(21)27(34)35)8-9-23(24)28(29,30)31/h3-9,12-14,21-22H,10-11,15H2,1-2H3,(H,32,33)(H,34,35)/t21-,22-/m1/s1. The molecule has 1 aliphatic rings. The van der Waals surface area contributed by atoms with E-state index in [4.69, 9.17) is 9.84 Å². The maximum absolute atomic E-state index is 13.6. The topological polar surface area (TPSA) is 75.6 Å². The van der Waals surface area contributed by atoms with Gasteiger partial charge in [-0.25, -0.2) is 0 Å². The van der Waals surface area contributed by atoms with Crippen molar-refractivity contribution in [3.63, 3.8) is 0 Å². The summed E-state index contributed by atoms with van der Waals surface area (Å²) < 4.78 is 46.8. The third kappa shape index (κ3) is 5.70. The number of ether oxygens (including phenoxy) is 1. The molecule has 0 bridgehead atoms. The number of carbonyl (C=O) groups excluding carboxylic acids is 1. The van der Waals surface area contributed by atoms with Crippen molar-refractivity contribution < 1.29 is 32.6 Å². The lowest BCUT2D eigenvalue weighted by Crippen LogP contribution is -2.19. The van der Waals surface area contributed by atoms with Gasteiger partial charge in [-0.3, -0.25) is 9.59 Å². The number of carbonyl (C=O) groups is 2. The maximum Gasteiger partial charge on any atom is 0.418 e. The summed E-state index contributed by atoms with van der Waals surface area (Å²) in [6.07, 6.45) is -3.61. The van der Waals surface area contributed by atoms with Crippen LogP contribution in [0.1, 0.15) is 50.5 Å². The molecule has 3 aromatic rings. The first kappa shape index (κ1) is 25.3. The fourth-order valence-electron chi connectivity index (χ4n) is 4.46. The normalized spacial score (nSPS) is 16.9. The monoisotopic (exact) mass is 497 g/mol. The smallest absolute Gasteiger partial charge is 0.418 e. The number of aliphatic carboxylic acids is 1. The van der Waals surface area contributed by atoms with E-state index in [-0.39, 0.29) is 17.2 Å². The number of alkyl halides is 3. The molecule has 0 radical (unpaired) electrons. The quantitative estimate of drug-likeness (QED) is 0.379. The molecular formula is C28H26F3NO4. The number of hydrogen-bond donors (Lipinski definition) is 2. The Balaban J connectivity index is 1.52. The zero-order valence-corrected chi connectivity index (χ0v) is 19.9. The second kappa shape index (κ2) is 10.0. The molecular weight excluding hydrogens is 471 g/mol. The van der Waals surface area contributed by atoms with Crippen molar-refractivity contribution in [2.45, 2.75) is 38.8 Å². The van der Waals surface area contributed by atoms with Crippen LogP contribution in [0.2, 0.25) is 0 Å². The number of rotatable bonds is 8. The highest BCUT2D eigenvalue weighted by atomic mass is 19.4. The van der Waals surface area contributed by atoms with E-state index in [0.29, 0.717) is 41.9 Å². The van der Waals surface area contributed by atoms with Crippen molar-refractivity contribution in [3.8, 4) is 5.75 Å². The van der Waals surface area contributed by atoms with Crippen LogP contribution < -0.4 is 10.1 Å². The largest absolute Gasteiger partial charge is 0.493 e. The average molecular weight is 498 g/mol. The van der Waals surface area contributed by atoms with Gasteiger partial charge >= 0.3 is 12.1 Å². The van der Waals surface area contributed by atoms with Gasteiger partial charge in [-0.05, 0) is 72.7 Å². The third-order valence-electron chi connectivity index (χ3n) is 6.37. The molecule has 2 N–H and O–H groups in total. The highest BCUT2D eigenvalue weighted by molar-refractivity contribution is 6.07. The lowest BCUT2D eigenvalue weighted by atomic mass is 10.00. The van der Waals surface area contributed by atoms with Crippen molar-refractivity contribution in [2.24, 2.45) is 5.92 Å². The average Bonchev–Trinajstić information content (AvgIpc) is 3.60. The van der Waals surface area contributed by atoms with Crippen LogP contribution in [-0.2, 0) is 17.4 Å². The number of anilines is 1. The van der Waals surface area contributed by atoms with Gasteiger partial charge in [-0.2, -0.15) is 13.2 Å². The van der Waals surface area contributed by atoms with E-state index in [9.17, 15) is 22.8 Å². The Morgan fingerprint density at radius 1 is 1.03 bits per heavy atom. The van der Waals surface area contributed by atoms with Crippen molar-refractivity contribution in [3.05, 3.63) is 94.0 Å². The van der Waals surface area contributed by atoms with Gasteiger partial charge in [-0.15, -0.1) is 0 Å². The van der Waals surface area contributed by atoms with E-state index < -0.39 is 29.5 Å². The van der Waals surface area contributed by atoms with E-state index in [1.807, 2.05) is 30.3 Å². The number of nitrogens with one attached hydrogen (secondary N) is 1. The first-order chi connectivity index (χ1) is 17.0. The summed E-state index contributed by atoms with van der Waals surface area (Å²) in [6, 6.07) is 16.6. The fraction of sp³-hybridized carbons (Fsp3) is 0.286. The predicted octanol–water partition coefficient (Wildman–Crippen LogP) is 6.38. The van der Waals surface area contributed by atoms with Crippen LogP contribution in [-0.4, -0.2) is 23.6 Å². The molecule has 4 rings (SSSR count). The summed E-state index contributed by atoms with van der Waals surface area (Å²) >= 11 is 0. The number of carboxylic acids is 1. The summed E-state index contributed by atoms with van der Waals surface area (Å²) in [4.78, 5) is 24.3. The van der Waals surface area contributed by atoms with Crippen molar-refractivity contribution in [1.29, 1.82) is 0 Å². The molecule has 0 spiro atoms. The minimum absolute atomic E-state index is 0.263. The van der Waals surface area contributed by atoms with Gasteiger partial charge < -0.3 is 15.2 Å². The van der Waals surface area contributed by atoms with Crippen LogP contribution >= 0.6 is 0 Å². The highest BCUT2D eigenvalue weighted by Gasteiger charge is 2.45. The Kier molecular flexibility index (Phi) is 7.06. The van der Waals surface area contributed by atoms with Crippen LogP contribution in [0.5, 0.6) is 5.75 Å². The molecule has 1 amide bonds. The molecule has 0 aliphatic heterocycles. The highest BCUT2D eigenvalue weighted by Crippen LogP contribution is 2.49. The summed E-state index contributed by atoms with van der Waals surface area (Å²) in [7, 11) is 0. The SMILES string of the molecule is Cc1cc(OCCc2ccccc2)cc(C)c1C(=O)Nc1cc([C@H]2C[C@H]2C(=O)O)ccc1C(F)(F)F. The third-order valence-corrected chi connectivity index (χ3v) is 6.37. The van der Waals surface area contributed by atoms with Gasteiger partial charge in [0.15, 0.2) is 0 Å². The van der Waals surface area contributed by atoms with Crippen LogP contribution in [0.25, 0.3) is 0 Å². The van der Waals surface area contributed by atoms with Crippen LogP contribution in [0.4, 0.5) is 18.9 Å². The van der Waals surface area contributed by atoms with Crippen molar-refractivity contribution in [2.75, 3.05) is 11.9 Å². The summed E-state index contributed by atoms with van der Waals surface area (Å²) in [5.41, 5.74) is 1.62. The van der Waals surface area contributed by atoms with Gasteiger partial charge in [0.25, 0.3) is 5.91 Å². The van der Waals surface area contributed by atoms with Crippen LogP contribution in [0.3, 0.4) is 0 Å². The molecule has 1 saturated carbocycles. The number of amides is 1. The maximum atomic E-state index is 13.6. The molecule has 3 aromatic carbocycles. The van der Waals surface area contributed by atoms with Crippen LogP contribution in [0, 0.1) is 19.8 Å². The number of hydrogen-bond acceptors (Lipinski definition) is 3. The van der Waals surface area contributed by atoms with Gasteiger partial charge in [0, 0.05) is 12.0 Å². The summed E-state index contributed by atoms with van der Waals surface area (Å²) in [6.45, 7) is 3.85. The molecule has 0 aromatic heterocycles. The molecule has 0 unspecified atom stereocenters. The Bertz CT molecular complexity index is 1260. The Morgan fingerprint density at radius 2 is 1.69 bits per heavy atom. The van der Waals surface area contributed by atoms with E-state index >= 15 is 0 Å². The summed E-state index contributed by atoms with van der Waals surface area (Å²) in [5, 5.41) is 11.6. The fourth-order valence-corrected chi connectivity index (χ4v) is 4.46. The number of benzene rings is 3. The minimum Gasteiger partial charge on any atom is -0.493 e. The van der Waals surface area contributed by atoms with Crippen LogP contribution in [0.15, 0.2) is 60.7 Å². The molecule has 0 heterocycles. The lowest BCUT2D eigenvalue weighted by Gasteiger charge is -2.17. The molecule has 8 heteroatoms. The molecule has 2 atom stereocenters. The Morgan fingerprint density at radius 3 is 2.28 bits per heavy atom. The summed E-state index contributed by atoms with van der Waals surface area (Å²) in [5.74, 6) is -2.07. The molecule has 0 saturated heterocycles. The Labute approximate surface area is 206 Å². The zero-order chi connectivity index (χ0) is 26.0. The molecule has 5 nitrogen and oxygen atoms in total. The van der Waals surface area contributed by atoms with Gasteiger partial charge in [0.1, 0.15) is 5.75 Å². The van der Waals surface area contributed by atoms with Crippen molar-refractivity contribution >= 4 is 17.6 Å². The van der Waals surface area contributed by atoms with E-state index in [2.05, 4.69) is 5.32 Å². The molecule has 36 heavy (non-hydrogen) atoms. The van der Waals surface area contributed by atoms with Gasteiger partial charge in [-0.1, -0.05) is 36.4 Å². The number of carboxylic acid groups (broad SMARTS) is 1. The minimum atomic E-state index is -4.68. The van der Waals surface area contributed by atoms with Gasteiger partial charge in [0.2, 0.25) is 0 Å². The van der Waals surface area contributed by atoms with E-state index in [0.717, 1.165) is 11.6 Å². The lowest BCUT2D eigenvalue weighted by molar-refractivity contribution is -0.139. The molecule has 1 aliphatic carbocycles. The first-order valence-electron chi connectivity index (χ1n) is 11.6. The second-order valence-electron chi connectivity index (χ2n) is 9.06. The van der Waals surface area contributed by atoms with E-state index in [1.165, 1.54) is 12.1 Å². The molecule has 1 fully saturated rings. The molecule has 188 valence electrons. The second-order valence-corrected chi connectivity index (χ2v) is 9.06. The predicted molar refractivity (Wildman–Crippen MR) is 129 cm³/mol. The van der Waals surface area contributed by atoms with Crippen molar-refractivity contribution in [1.82, 2.24) is 0 Å². The first-order valence-corrected chi connectivity index (χ1v) is 11.6. The zero-order valence-electron chi connectivity index (χ0n) is 19.9. The van der Waals surface area contributed by atoms with E-state index in [1.54, 1.807) is 26.0 Å². The number of halogens is 3. The van der Waals surface area contributed by atoms with Gasteiger partial charge in [0.05, 0.1) is 23.8 Å².